The van der Waals surface area contributed by atoms with Gasteiger partial charge >= 0.3 is 0 Å². The number of aromatic nitrogens is 2. The summed E-state index contributed by atoms with van der Waals surface area (Å²) in [6.07, 6.45) is 0.711. The Labute approximate surface area is 101 Å². The molecular formula is C8H6Cl3N3O. The molecule has 0 saturated heterocycles. The summed E-state index contributed by atoms with van der Waals surface area (Å²) in [5.74, 6) is 0.0453. The normalized spacial score (nSPS) is 9.80. The third-order valence-electron chi connectivity index (χ3n) is 1.46. The number of anilines is 1. The van der Waals surface area contributed by atoms with Gasteiger partial charge in [0.2, 0.25) is 12.4 Å². The maximum atomic E-state index is 10.1. The SMILES string of the molecule is C=C(Cl)Cc1c(Cl)nc(NC=O)nc1Cl. The number of halogens is 3. The zero-order chi connectivity index (χ0) is 11.4. The molecule has 1 aromatic heterocycles. The van der Waals surface area contributed by atoms with E-state index in [4.69, 9.17) is 34.8 Å². The minimum atomic E-state index is 0.0453. The summed E-state index contributed by atoms with van der Waals surface area (Å²) in [5.41, 5.74) is 0.481. The molecule has 0 bridgehead atoms. The second kappa shape index (κ2) is 5.30. The van der Waals surface area contributed by atoms with E-state index in [1.165, 1.54) is 0 Å². The zero-order valence-corrected chi connectivity index (χ0v) is 9.70. The Bertz CT molecular complexity index is 385. The Kier molecular flexibility index (Phi) is 4.32. The molecule has 0 unspecified atom stereocenters. The summed E-state index contributed by atoms with van der Waals surface area (Å²) >= 11 is 17.3. The molecule has 1 amide bonds. The Hall–Kier alpha value is -0.840. The van der Waals surface area contributed by atoms with Crippen LogP contribution in [0.15, 0.2) is 11.6 Å². The summed E-state index contributed by atoms with van der Waals surface area (Å²) in [4.78, 5) is 17.8. The molecule has 0 aliphatic rings. The molecule has 1 heterocycles. The van der Waals surface area contributed by atoms with Crippen molar-refractivity contribution in [1.82, 2.24) is 9.97 Å². The zero-order valence-electron chi connectivity index (χ0n) is 7.43. The van der Waals surface area contributed by atoms with Gasteiger partial charge in [0.25, 0.3) is 0 Å². The van der Waals surface area contributed by atoms with Crippen molar-refractivity contribution in [2.75, 3.05) is 5.32 Å². The van der Waals surface area contributed by atoms with E-state index in [9.17, 15) is 4.79 Å². The third kappa shape index (κ3) is 3.34. The largest absolute Gasteiger partial charge is 0.297 e. The van der Waals surface area contributed by atoms with Gasteiger partial charge in [-0.3, -0.25) is 10.1 Å². The number of amides is 1. The summed E-state index contributed by atoms with van der Waals surface area (Å²) in [6, 6.07) is 0. The smallest absolute Gasteiger partial charge is 0.232 e. The predicted molar refractivity (Wildman–Crippen MR) is 60.4 cm³/mol. The Morgan fingerprint density at radius 1 is 1.40 bits per heavy atom. The van der Waals surface area contributed by atoms with E-state index in [-0.39, 0.29) is 22.7 Å². The predicted octanol–water partition coefficient (Wildman–Crippen LogP) is 2.65. The van der Waals surface area contributed by atoms with E-state index in [1.54, 1.807) is 0 Å². The molecule has 4 nitrogen and oxygen atoms in total. The highest BCUT2D eigenvalue weighted by molar-refractivity contribution is 6.35. The minimum Gasteiger partial charge on any atom is -0.297 e. The van der Waals surface area contributed by atoms with Gasteiger partial charge in [-0.2, -0.15) is 0 Å². The van der Waals surface area contributed by atoms with Gasteiger partial charge in [-0.15, -0.1) is 0 Å². The molecule has 1 rings (SSSR count). The monoisotopic (exact) mass is 265 g/mol. The van der Waals surface area contributed by atoms with E-state index in [2.05, 4.69) is 21.9 Å². The quantitative estimate of drug-likeness (QED) is 0.673. The fraction of sp³-hybridized carbons (Fsp3) is 0.125. The van der Waals surface area contributed by atoms with Crippen LogP contribution in [0.3, 0.4) is 0 Å². The van der Waals surface area contributed by atoms with Crippen LogP contribution in [0.25, 0.3) is 0 Å². The van der Waals surface area contributed by atoms with Crippen LogP contribution in [-0.2, 0) is 11.2 Å². The maximum Gasteiger partial charge on any atom is 0.232 e. The van der Waals surface area contributed by atoms with E-state index >= 15 is 0 Å². The van der Waals surface area contributed by atoms with Crippen molar-refractivity contribution in [3.8, 4) is 0 Å². The molecular weight excluding hydrogens is 260 g/mol. The fourth-order valence-corrected chi connectivity index (χ4v) is 1.54. The first-order valence-corrected chi connectivity index (χ1v) is 4.93. The number of hydrogen-bond donors (Lipinski definition) is 1. The third-order valence-corrected chi connectivity index (χ3v) is 2.22. The molecule has 1 aromatic rings. The van der Waals surface area contributed by atoms with E-state index in [1.807, 2.05) is 0 Å². The highest BCUT2D eigenvalue weighted by atomic mass is 35.5. The molecule has 80 valence electrons. The first-order chi connectivity index (χ1) is 7.04. The molecule has 1 N–H and O–H groups in total. The highest BCUT2D eigenvalue weighted by Crippen LogP contribution is 2.25. The second-order valence-electron chi connectivity index (χ2n) is 2.56. The maximum absolute atomic E-state index is 10.1. The molecule has 0 fully saturated rings. The van der Waals surface area contributed by atoms with Gasteiger partial charge in [-0.05, 0) is 0 Å². The average Bonchev–Trinajstić information content (AvgIpc) is 2.11. The van der Waals surface area contributed by atoms with Gasteiger partial charge in [0, 0.05) is 17.0 Å². The number of nitrogens with zero attached hydrogens (tertiary/aromatic N) is 2. The minimum absolute atomic E-state index is 0.0453. The van der Waals surface area contributed by atoms with E-state index in [0.717, 1.165) is 0 Å². The number of allylic oxidation sites excluding steroid dienone is 1. The number of rotatable bonds is 4. The molecule has 0 aromatic carbocycles. The van der Waals surface area contributed by atoms with Crippen molar-refractivity contribution in [3.63, 3.8) is 0 Å². The van der Waals surface area contributed by atoms with Crippen molar-refractivity contribution in [2.45, 2.75) is 6.42 Å². The first-order valence-electron chi connectivity index (χ1n) is 3.80. The molecule has 0 radical (unpaired) electrons. The second-order valence-corrected chi connectivity index (χ2v) is 3.81. The van der Waals surface area contributed by atoms with Gasteiger partial charge in [0.1, 0.15) is 10.3 Å². The van der Waals surface area contributed by atoms with Gasteiger partial charge < -0.3 is 0 Å². The van der Waals surface area contributed by atoms with Gasteiger partial charge in [-0.25, -0.2) is 9.97 Å². The van der Waals surface area contributed by atoms with Gasteiger partial charge in [0.05, 0.1) is 0 Å². The van der Waals surface area contributed by atoms with E-state index in [0.29, 0.717) is 17.0 Å². The number of hydrogen-bond acceptors (Lipinski definition) is 3. The molecule has 0 spiro atoms. The van der Waals surface area contributed by atoms with Crippen LogP contribution in [-0.4, -0.2) is 16.4 Å². The van der Waals surface area contributed by atoms with Crippen LogP contribution >= 0.6 is 34.8 Å². The van der Waals surface area contributed by atoms with Crippen LogP contribution in [0.1, 0.15) is 5.56 Å². The fourth-order valence-electron chi connectivity index (χ4n) is 0.886. The van der Waals surface area contributed by atoms with Crippen molar-refractivity contribution >= 4 is 47.2 Å². The van der Waals surface area contributed by atoms with Crippen LogP contribution in [0, 0.1) is 0 Å². The van der Waals surface area contributed by atoms with Crippen molar-refractivity contribution in [2.24, 2.45) is 0 Å². The number of nitrogens with one attached hydrogen (secondary N) is 1. The number of carbonyl (C=O) groups excluding carboxylic acids is 1. The molecule has 7 heteroatoms. The lowest BCUT2D eigenvalue weighted by molar-refractivity contribution is -0.105. The van der Waals surface area contributed by atoms with Crippen LogP contribution < -0.4 is 5.32 Å². The standard InChI is InChI=1S/C8H6Cl3N3O/c1-4(9)2-5-6(10)13-8(12-3-15)14-7(5)11/h3H,1-2H2,(H,12,13,14,15). The Morgan fingerprint density at radius 3 is 2.33 bits per heavy atom. The molecule has 0 aliphatic carbocycles. The first kappa shape index (κ1) is 12.2. The topological polar surface area (TPSA) is 54.9 Å². The summed E-state index contributed by atoms with van der Waals surface area (Å²) in [5, 5.41) is 2.90. The Balaban J connectivity index is 3.08. The van der Waals surface area contributed by atoms with Gasteiger partial charge in [-0.1, -0.05) is 41.4 Å². The molecule has 0 atom stereocenters. The lowest BCUT2D eigenvalue weighted by atomic mass is 10.2. The van der Waals surface area contributed by atoms with Crippen molar-refractivity contribution in [3.05, 3.63) is 27.5 Å². The van der Waals surface area contributed by atoms with Crippen LogP contribution in [0.5, 0.6) is 0 Å². The average molecular weight is 267 g/mol. The van der Waals surface area contributed by atoms with Crippen LogP contribution in [0.4, 0.5) is 5.95 Å². The molecule has 0 saturated carbocycles. The van der Waals surface area contributed by atoms with E-state index < -0.39 is 0 Å². The number of carbonyl (C=O) groups is 1. The Morgan fingerprint density at radius 2 is 1.93 bits per heavy atom. The lowest BCUT2D eigenvalue weighted by Gasteiger charge is -2.06. The van der Waals surface area contributed by atoms with Gasteiger partial charge in [0.15, 0.2) is 0 Å². The summed E-state index contributed by atoms with van der Waals surface area (Å²) in [6.45, 7) is 3.51. The molecule has 15 heavy (non-hydrogen) atoms. The highest BCUT2D eigenvalue weighted by Gasteiger charge is 2.11. The van der Waals surface area contributed by atoms with Crippen LogP contribution in [0.2, 0.25) is 10.3 Å². The van der Waals surface area contributed by atoms with Crippen molar-refractivity contribution < 1.29 is 4.79 Å². The molecule has 0 aliphatic heterocycles. The summed E-state index contributed by atoms with van der Waals surface area (Å²) < 4.78 is 0. The summed E-state index contributed by atoms with van der Waals surface area (Å²) in [7, 11) is 0. The lowest BCUT2D eigenvalue weighted by Crippen LogP contribution is -2.03. The van der Waals surface area contributed by atoms with Crippen molar-refractivity contribution in [1.29, 1.82) is 0 Å².